The van der Waals surface area contributed by atoms with Crippen molar-refractivity contribution in [3.63, 3.8) is 0 Å². The summed E-state index contributed by atoms with van der Waals surface area (Å²) >= 11 is 3.89. The van der Waals surface area contributed by atoms with Gasteiger partial charge in [-0.2, -0.15) is 0 Å². The van der Waals surface area contributed by atoms with Crippen molar-refractivity contribution >= 4 is 33.6 Å². The van der Waals surface area contributed by atoms with Crippen LogP contribution in [0.2, 0.25) is 5.02 Å². The quantitative estimate of drug-likeness (QED) is 0.718. The van der Waals surface area contributed by atoms with Crippen LogP contribution >= 0.6 is 11.6 Å². The van der Waals surface area contributed by atoms with Crippen molar-refractivity contribution in [3.8, 4) is 0 Å². The third-order valence-corrected chi connectivity index (χ3v) is 2.84. The van der Waals surface area contributed by atoms with Gasteiger partial charge in [-0.1, -0.05) is 23.7 Å². The van der Waals surface area contributed by atoms with Crippen molar-refractivity contribution in [3.05, 3.63) is 29.4 Å². The molecule has 1 atom stereocenters. The SMILES string of the molecule is O=S(O)c1c[nH]c2c(Cl)cccc12. The maximum atomic E-state index is 10.8. The molecular weight excluding hydrogens is 210 g/mol. The molecule has 0 spiro atoms. The van der Waals surface area contributed by atoms with Crippen LogP contribution in [0.4, 0.5) is 0 Å². The van der Waals surface area contributed by atoms with Crippen LogP contribution in [-0.2, 0) is 11.1 Å². The highest BCUT2D eigenvalue weighted by atomic mass is 35.5. The van der Waals surface area contributed by atoms with Crippen molar-refractivity contribution in [1.82, 2.24) is 4.98 Å². The van der Waals surface area contributed by atoms with Gasteiger partial charge in [-0.05, 0) is 6.07 Å². The van der Waals surface area contributed by atoms with Crippen molar-refractivity contribution in [2.45, 2.75) is 4.90 Å². The number of aromatic nitrogens is 1. The molecule has 0 bridgehead atoms. The van der Waals surface area contributed by atoms with E-state index in [0.717, 1.165) is 0 Å². The van der Waals surface area contributed by atoms with Crippen LogP contribution in [0.25, 0.3) is 10.9 Å². The summed E-state index contributed by atoms with van der Waals surface area (Å²) in [6.45, 7) is 0. The maximum absolute atomic E-state index is 10.8. The van der Waals surface area contributed by atoms with Crippen LogP contribution < -0.4 is 0 Å². The summed E-state index contributed by atoms with van der Waals surface area (Å²) in [6, 6.07) is 5.22. The Labute approximate surface area is 82.0 Å². The molecular formula is C8H6ClNO2S. The molecule has 0 radical (unpaired) electrons. The van der Waals surface area contributed by atoms with E-state index in [2.05, 4.69) is 4.98 Å². The summed E-state index contributed by atoms with van der Waals surface area (Å²) in [5.74, 6) is 0. The topological polar surface area (TPSA) is 53.1 Å². The lowest BCUT2D eigenvalue weighted by Crippen LogP contribution is -1.84. The number of benzene rings is 1. The van der Waals surface area contributed by atoms with Gasteiger partial charge in [-0.25, -0.2) is 4.21 Å². The number of fused-ring (bicyclic) bond motifs is 1. The fraction of sp³-hybridized carbons (Fsp3) is 0. The Morgan fingerprint density at radius 3 is 2.92 bits per heavy atom. The Kier molecular flexibility index (Phi) is 2.11. The van der Waals surface area contributed by atoms with Gasteiger partial charge in [0.15, 0.2) is 11.1 Å². The molecule has 0 aliphatic rings. The molecule has 0 aliphatic carbocycles. The van der Waals surface area contributed by atoms with Crippen molar-refractivity contribution < 1.29 is 8.76 Å². The zero-order valence-corrected chi connectivity index (χ0v) is 8.02. The summed E-state index contributed by atoms with van der Waals surface area (Å²) in [6.07, 6.45) is 1.49. The molecule has 5 heteroatoms. The standard InChI is InChI=1S/C8H6ClNO2S/c9-6-3-1-2-5-7(13(11)12)4-10-8(5)6/h1-4,10H,(H,11,12). The first-order valence-corrected chi connectivity index (χ1v) is 5.05. The van der Waals surface area contributed by atoms with Gasteiger partial charge in [0.05, 0.1) is 15.4 Å². The fourth-order valence-corrected chi connectivity index (χ4v) is 1.98. The lowest BCUT2D eigenvalue weighted by atomic mass is 10.2. The molecule has 2 N–H and O–H groups in total. The number of halogens is 1. The molecule has 2 rings (SSSR count). The molecule has 68 valence electrons. The van der Waals surface area contributed by atoms with Crippen LogP contribution in [0, 0.1) is 0 Å². The molecule has 1 heterocycles. The van der Waals surface area contributed by atoms with E-state index in [0.29, 0.717) is 20.8 Å². The highest BCUT2D eigenvalue weighted by Gasteiger charge is 2.09. The zero-order chi connectivity index (χ0) is 9.42. The van der Waals surface area contributed by atoms with Crippen LogP contribution in [-0.4, -0.2) is 13.7 Å². The second-order valence-corrected chi connectivity index (χ2v) is 3.91. The molecule has 3 nitrogen and oxygen atoms in total. The maximum Gasteiger partial charge on any atom is 0.188 e. The van der Waals surface area contributed by atoms with Gasteiger partial charge in [-0.15, -0.1) is 0 Å². The summed E-state index contributed by atoms with van der Waals surface area (Å²) < 4.78 is 19.7. The third-order valence-electron chi connectivity index (χ3n) is 1.81. The Morgan fingerprint density at radius 1 is 1.46 bits per heavy atom. The van der Waals surface area contributed by atoms with E-state index in [4.69, 9.17) is 16.2 Å². The Morgan fingerprint density at radius 2 is 2.23 bits per heavy atom. The molecule has 0 fully saturated rings. The predicted molar refractivity (Wildman–Crippen MR) is 52.3 cm³/mol. The van der Waals surface area contributed by atoms with E-state index in [1.165, 1.54) is 6.20 Å². The lowest BCUT2D eigenvalue weighted by Gasteiger charge is -1.93. The van der Waals surface area contributed by atoms with E-state index in [-0.39, 0.29) is 0 Å². The number of nitrogens with one attached hydrogen (secondary N) is 1. The first-order valence-electron chi connectivity index (χ1n) is 3.56. The minimum atomic E-state index is -1.97. The van der Waals surface area contributed by atoms with Crippen LogP contribution in [0.1, 0.15) is 0 Å². The van der Waals surface area contributed by atoms with E-state index >= 15 is 0 Å². The number of H-pyrrole nitrogens is 1. The normalized spacial score (nSPS) is 13.4. The number of para-hydroxylation sites is 1. The summed E-state index contributed by atoms with van der Waals surface area (Å²) in [4.78, 5) is 3.21. The van der Waals surface area contributed by atoms with Crippen molar-refractivity contribution in [2.24, 2.45) is 0 Å². The first kappa shape index (κ1) is 8.74. The van der Waals surface area contributed by atoms with Crippen molar-refractivity contribution in [1.29, 1.82) is 0 Å². The van der Waals surface area contributed by atoms with Gasteiger partial charge >= 0.3 is 0 Å². The molecule has 1 aromatic carbocycles. The minimum Gasteiger partial charge on any atom is -0.359 e. The zero-order valence-electron chi connectivity index (χ0n) is 6.45. The molecule has 1 aromatic heterocycles. The van der Waals surface area contributed by atoms with Gasteiger partial charge in [-0.3, -0.25) is 0 Å². The van der Waals surface area contributed by atoms with Gasteiger partial charge in [0.25, 0.3) is 0 Å². The van der Waals surface area contributed by atoms with Crippen LogP contribution in [0.15, 0.2) is 29.3 Å². The Balaban J connectivity index is 2.83. The molecule has 2 aromatic rings. The summed E-state index contributed by atoms with van der Waals surface area (Å²) in [7, 11) is 0. The summed E-state index contributed by atoms with van der Waals surface area (Å²) in [5.41, 5.74) is 0.696. The van der Waals surface area contributed by atoms with Gasteiger partial charge < -0.3 is 9.54 Å². The lowest BCUT2D eigenvalue weighted by molar-refractivity contribution is 0.565. The summed E-state index contributed by atoms with van der Waals surface area (Å²) in [5, 5.41) is 1.24. The number of hydrogen-bond acceptors (Lipinski definition) is 1. The number of aromatic amines is 1. The van der Waals surface area contributed by atoms with Gasteiger partial charge in [0.2, 0.25) is 0 Å². The van der Waals surface area contributed by atoms with E-state index in [9.17, 15) is 4.21 Å². The molecule has 0 amide bonds. The first-order chi connectivity index (χ1) is 6.20. The minimum absolute atomic E-state index is 0.359. The average Bonchev–Trinajstić information content (AvgIpc) is 2.48. The van der Waals surface area contributed by atoms with Gasteiger partial charge in [0, 0.05) is 11.6 Å². The van der Waals surface area contributed by atoms with E-state index in [1.807, 2.05) is 0 Å². The second-order valence-electron chi connectivity index (χ2n) is 2.56. The highest BCUT2D eigenvalue weighted by Crippen LogP contribution is 2.26. The average molecular weight is 216 g/mol. The second kappa shape index (κ2) is 3.14. The highest BCUT2D eigenvalue weighted by molar-refractivity contribution is 7.79. The fourth-order valence-electron chi connectivity index (χ4n) is 1.24. The number of hydrogen-bond donors (Lipinski definition) is 2. The molecule has 0 aliphatic heterocycles. The molecule has 1 unspecified atom stereocenters. The smallest absolute Gasteiger partial charge is 0.188 e. The largest absolute Gasteiger partial charge is 0.359 e. The van der Waals surface area contributed by atoms with E-state index in [1.54, 1.807) is 18.2 Å². The van der Waals surface area contributed by atoms with Crippen molar-refractivity contribution in [2.75, 3.05) is 0 Å². The number of rotatable bonds is 1. The van der Waals surface area contributed by atoms with Crippen LogP contribution in [0.3, 0.4) is 0 Å². The predicted octanol–water partition coefficient (Wildman–Crippen LogP) is 2.40. The monoisotopic (exact) mass is 215 g/mol. The third kappa shape index (κ3) is 1.37. The molecule has 13 heavy (non-hydrogen) atoms. The van der Waals surface area contributed by atoms with Crippen LogP contribution in [0.5, 0.6) is 0 Å². The Bertz CT molecular complexity index is 480. The van der Waals surface area contributed by atoms with Gasteiger partial charge in [0.1, 0.15) is 0 Å². The van der Waals surface area contributed by atoms with E-state index < -0.39 is 11.1 Å². The molecule has 0 saturated heterocycles. The Hall–Kier alpha value is -0.840. The molecule has 0 saturated carbocycles.